The van der Waals surface area contributed by atoms with E-state index in [9.17, 15) is 22.4 Å². The van der Waals surface area contributed by atoms with Crippen LogP contribution in [0, 0.1) is 17.2 Å². The lowest BCUT2D eigenvalue weighted by Crippen LogP contribution is -2.47. The van der Waals surface area contributed by atoms with Crippen LogP contribution >= 0.6 is 12.4 Å². The molecule has 1 aliphatic heterocycles. The number of nitrogens with one attached hydrogen (secondary N) is 2. The van der Waals surface area contributed by atoms with Crippen LogP contribution in [0.2, 0.25) is 0 Å². The number of fused-ring (bicyclic) bond motifs is 1. The first-order valence-corrected chi connectivity index (χ1v) is 8.17. The predicted molar refractivity (Wildman–Crippen MR) is 87.8 cm³/mol. The van der Waals surface area contributed by atoms with Crippen molar-refractivity contribution in [2.24, 2.45) is 11.3 Å². The normalized spacial score (nSPS) is 25.8. The molecular formula is C17H21ClF4N2O. The molecule has 3 rings (SSSR count). The molecule has 140 valence electrons. The maximum Gasteiger partial charge on any atom is 0.416 e. The van der Waals surface area contributed by atoms with Gasteiger partial charge in [0, 0.05) is 13.1 Å². The summed E-state index contributed by atoms with van der Waals surface area (Å²) in [5, 5.41) is 5.90. The van der Waals surface area contributed by atoms with E-state index in [1.165, 1.54) is 0 Å². The highest BCUT2D eigenvalue weighted by Crippen LogP contribution is 2.44. The number of rotatable bonds is 3. The molecule has 1 aromatic rings. The smallest absolute Gasteiger partial charge is 0.351 e. The van der Waals surface area contributed by atoms with Crippen LogP contribution in [0.3, 0.4) is 0 Å². The lowest BCUT2D eigenvalue weighted by Gasteiger charge is -2.37. The van der Waals surface area contributed by atoms with E-state index in [1.54, 1.807) is 0 Å². The molecule has 0 unspecified atom stereocenters. The van der Waals surface area contributed by atoms with E-state index in [-0.39, 0.29) is 36.3 Å². The van der Waals surface area contributed by atoms with Gasteiger partial charge in [0.15, 0.2) is 0 Å². The minimum atomic E-state index is -4.65. The molecule has 25 heavy (non-hydrogen) atoms. The second-order valence-corrected chi connectivity index (χ2v) is 6.71. The fraction of sp³-hybridized carbons (Fsp3) is 0.588. The molecule has 2 aliphatic rings. The van der Waals surface area contributed by atoms with Crippen LogP contribution < -0.4 is 10.6 Å². The summed E-state index contributed by atoms with van der Waals surface area (Å²) in [4.78, 5) is 12.7. The molecule has 1 aliphatic carbocycles. The average Bonchev–Trinajstić information content (AvgIpc) is 2.97. The Morgan fingerprint density at radius 2 is 2.08 bits per heavy atom. The molecule has 8 heteroatoms. The van der Waals surface area contributed by atoms with E-state index in [0.717, 1.165) is 44.4 Å². The van der Waals surface area contributed by atoms with Crippen molar-refractivity contribution >= 4 is 18.3 Å². The van der Waals surface area contributed by atoms with Gasteiger partial charge >= 0.3 is 6.18 Å². The van der Waals surface area contributed by atoms with Gasteiger partial charge in [-0.25, -0.2) is 4.39 Å². The Labute approximate surface area is 150 Å². The Hall–Kier alpha value is -1.34. The molecule has 0 bridgehead atoms. The van der Waals surface area contributed by atoms with Crippen LogP contribution in [0.25, 0.3) is 0 Å². The molecule has 1 saturated heterocycles. The van der Waals surface area contributed by atoms with Crippen molar-refractivity contribution in [1.29, 1.82) is 0 Å². The van der Waals surface area contributed by atoms with Gasteiger partial charge in [-0.1, -0.05) is 18.9 Å². The SMILES string of the molecule is Cl.O=C(NCc1ccc(F)cc1C(F)(F)F)[C@@]12CCCC[C@H]1CNC2. The number of hydrogen-bond donors (Lipinski definition) is 2. The Morgan fingerprint density at radius 1 is 1.32 bits per heavy atom. The van der Waals surface area contributed by atoms with Crippen molar-refractivity contribution in [1.82, 2.24) is 10.6 Å². The summed E-state index contributed by atoms with van der Waals surface area (Å²) in [5.41, 5.74) is -1.67. The third-order valence-electron chi connectivity index (χ3n) is 5.31. The van der Waals surface area contributed by atoms with Crippen molar-refractivity contribution in [3.63, 3.8) is 0 Å². The second-order valence-electron chi connectivity index (χ2n) is 6.71. The Balaban J connectivity index is 0.00000225. The summed E-state index contributed by atoms with van der Waals surface area (Å²) >= 11 is 0. The summed E-state index contributed by atoms with van der Waals surface area (Å²) in [6.07, 6.45) is -0.896. The van der Waals surface area contributed by atoms with Gasteiger partial charge in [-0.3, -0.25) is 4.79 Å². The average molecular weight is 381 g/mol. The fourth-order valence-corrected chi connectivity index (χ4v) is 4.01. The van der Waals surface area contributed by atoms with Crippen LogP contribution in [0.5, 0.6) is 0 Å². The molecule has 1 saturated carbocycles. The van der Waals surface area contributed by atoms with Gasteiger partial charge in [0.1, 0.15) is 5.82 Å². The zero-order valence-electron chi connectivity index (χ0n) is 13.6. The Kier molecular flexibility index (Phi) is 5.99. The van der Waals surface area contributed by atoms with E-state index >= 15 is 0 Å². The number of hydrogen-bond acceptors (Lipinski definition) is 2. The molecule has 2 fully saturated rings. The predicted octanol–water partition coefficient (Wildman–Crippen LogP) is 3.66. The summed E-state index contributed by atoms with van der Waals surface area (Å²) in [6, 6.07) is 2.54. The monoisotopic (exact) mass is 380 g/mol. The standard InChI is InChI=1S/C17H20F4N2O.ClH/c18-13-5-4-11(14(7-13)17(19,20)21)8-23-15(24)16-6-2-1-3-12(16)9-22-10-16;/h4-5,7,12,22H,1-3,6,8-10H2,(H,23,24);1H/t12-,16+;/m0./s1. The van der Waals surface area contributed by atoms with Crippen molar-refractivity contribution in [3.8, 4) is 0 Å². The zero-order chi connectivity index (χ0) is 17.4. The van der Waals surface area contributed by atoms with Crippen LogP contribution in [0.4, 0.5) is 17.6 Å². The van der Waals surface area contributed by atoms with Gasteiger partial charge in [-0.15, -0.1) is 12.4 Å². The van der Waals surface area contributed by atoms with E-state index in [0.29, 0.717) is 12.6 Å². The van der Waals surface area contributed by atoms with Crippen LogP contribution in [-0.4, -0.2) is 19.0 Å². The molecule has 2 N–H and O–H groups in total. The van der Waals surface area contributed by atoms with E-state index < -0.39 is 23.0 Å². The van der Waals surface area contributed by atoms with Crippen molar-refractivity contribution in [3.05, 3.63) is 35.1 Å². The van der Waals surface area contributed by atoms with Crippen LogP contribution in [-0.2, 0) is 17.5 Å². The summed E-state index contributed by atoms with van der Waals surface area (Å²) in [5.74, 6) is -0.903. The summed E-state index contributed by atoms with van der Waals surface area (Å²) in [6.45, 7) is 1.10. The summed E-state index contributed by atoms with van der Waals surface area (Å²) < 4.78 is 52.2. The first-order valence-electron chi connectivity index (χ1n) is 8.17. The number of carbonyl (C=O) groups excluding carboxylic acids is 1. The minimum absolute atomic E-state index is 0. The maximum absolute atomic E-state index is 13.1. The summed E-state index contributed by atoms with van der Waals surface area (Å²) in [7, 11) is 0. The first kappa shape index (κ1) is 20.0. The highest BCUT2D eigenvalue weighted by molar-refractivity contribution is 5.85. The fourth-order valence-electron chi connectivity index (χ4n) is 4.01. The van der Waals surface area contributed by atoms with Gasteiger partial charge < -0.3 is 10.6 Å². The Morgan fingerprint density at radius 3 is 2.80 bits per heavy atom. The number of halogens is 5. The number of carbonyl (C=O) groups is 1. The third-order valence-corrected chi connectivity index (χ3v) is 5.31. The van der Waals surface area contributed by atoms with Gasteiger partial charge in [-0.05, 0) is 43.0 Å². The highest BCUT2D eigenvalue weighted by atomic mass is 35.5. The maximum atomic E-state index is 13.1. The van der Waals surface area contributed by atoms with Crippen LogP contribution in [0.1, 0.15) is 36.8 Å². The number of benzene rings is 1. The molecule has 1 aromatic carbocycles. The second kappa shape index (κ2) is 7.50. The lowest BCUT2D eigenvalue weighted by atomic mass is 9.67. The molecule has 0 radical (unpaired) electrons. The third kappa shape index (κ3) is 3.92. The molecule has 2 atom stereocenters. The zero-order valence-corrected chi connectivity index (χ0v) is 14.4. The van der Waals surface area contributed by atoms with E-state index in [2.05, 4.69) is 10.6 Å². The molecular weight excluding hydrogens is 360 g/mol. The van der Waals surface area contributed by atoms with Crippen molar-refractivity contribution < 1.29 is 22.4 Å². The van der Waals surface area contributed by atoms with E-state index in [1.807, 2.05) is 0 Å². The Bertz CT molecular complexity index is 638. The quantitative estimate of drug-likeness (QED) is 0.786. The number of alkyl halides is 3. The van der Waals surface area contributed by atoms with Crippen molar-refractivity contribution in [2.45, 2.75) is 38.4 Å². The van der Waals surface area contributed by atoms with Crippen LogP contribution in [0.15, 0.2) is 18.2 Å². The minimum Gasteiger partial charge on any atom is -0.351 e. The molecule has 1 heterocycles. The largest absolute Gasteiger partial charge is 0.416 e. The number of amides is 1. The topological polar surface area (TPSA) is 41.1 Å². The molecule has 1 amide bonds. The molecule has 3 nitrogen and oxygen atoms in total. The van der Waals surface area contributed by atoms with Crippen molar-refractivity contribution in [2.75, 3.05) is 13.1 Å². The lowest BCUT2D eigenvalue weighted by molar-refractivity contribution is -0.139. The first-order chi connectivity index (χ1) is 11.3. The van der Waals surface area contributed by atoms with Gasteiger partial charge in [-0.2, -0.15) is 13.2 Å². The molecule has 0 spiro atoms. The van der Waals surface area contributed by atoms with Gasteiger partial charge in [0.05, 0.1) is 11.0 Å². The molecule has 0 aromatic heterocycles. The van der Waals surface area contributed by atoms with Gasteiger partial charge in [0.25, 0.3) is 0 Å². The van der Waals surface area contributed by atoms with E-state index in [4.69, 9.17) is 0 Å². The van der Waals surface area contributed by atoms with Gasteiger partial charge in [0.2, 0.25) is 5.91 Å². The highest BCUT2D eigenvalue weighted by Gasteiger charge is 2.49.